The van der Waals surface area contributed by atoms with Crippen LogP contribution in [0.3, 0.4) is 0 Å². The minimum Gasteiger partial charge on any atom is -0.377 e. The summed E-state index contributed by atoms with van der Waals surface area (Å²) in [5.74, 6) is -4.15. The molecule has 2 aromatic rings. The molecule has 2 aliphatic rings. The van der Waals surface area contributed by atoms with E-state index < -0.39 is 23.4 Å². The number of aryl methyl sites for hydroxylation is 1. The molecule has 1 aliphatic heterocycles. The molecule has 0 radical (unpaired) electrons. The predicted molar refractivity (Wildman–Crippen MR) is 114 cm³/mol. The molecular formula is C21H21ClF3N3OS. The number of hydrogen-bond donors (Lipinski definition) is 2. The van der Waals surface area contributed by atoms with Crippen LogP contribution in [0.1, 0.15) is 49.2 Å². The molecule has 2 heterocycles. The standard InChI is InChI=1S/C21H21ClF3N3OS/c1-20(2)21(24,25)19(28-17(30)10-29-20)14-8-13(4-5-15(14)23)27-16-6-3-11-7-12(22)9-26-18(11)16/h4-5,7-9,16,19,27H,3,6,10H2,1-2H3,(H,28,30). The molecule has 0 spiro atoms. The van der Waals surface area contributed by atoms with Crippen molar-refractivity contribution < 1.29 is 17.9 Å². The van der Waals surface area contributed by atoms with Gasteiger partial charge in [0.25, 0.3) is 5.92 Å². The van der Waals surface area contributed by atoms with Crippen LogP contribution in [0.25, 0.3) is 0 Å². The van der Waals surface area contributed by atoms with Crippen molar-refractivity contribution in [2.45, 2.75) is 50.3 Å². The number of pyridine rings is 1. The lowest BCUT2D eigenvalue weighted by molar-refractivity contribution is -0.192. The second kappa shape index (κ2) is 7.66. The smallest absolute Gasteiger partial charge is 0.299 e. The molecule has 1 aromatic carbocycles. The monoisotopic (exact) mass is 455 g/mol. The molecule has 160 valence electrons. The summed E-state index contributed by atoms with van der Waals surface area (Å²) < 4.78 is 50.5. The number of ether oxygens (including phenoxy) is 1. The van der Waals surface area contributed by atoms with Gasteiger partial charge in [-0.25, -0.2) is 13.2 Å². The van der Waals surface area contributed by atoms with Crippen LogP contribution >= 0.6 is 23.8 Å². The Morgan fingerprint density at radius 1 is 1.30 bits per heavy atom. The average molecular weight is 456 g/mol. The van der Waals surface area contributed by atoms with Crippen molar-refractivity contribution in [3.8, 4) is 0 Å². The zero-order valence-corrected chi connectivity index (χ0v) is 18.0. The van der Waals surface area contributed by atoms with E-state index in [1.54, 1.807) is 6.20 Å². The maximum Gasteiger partial charge on any atom is 0.299 e. The summed E-state index contributed by atoms with van der Waals surface area (Å²) in [6, 6.07) is 4.22. The van der Waals surface area contributed by atoms with Crippen LogP contribution in [-0.2, 0) is 11.2 Å². The van der Waals surface area contributed by atoms with E-state index in [0.717, 1.165) is 24.1 Å². The highest BCUT2D eigenvalue weighted by atomic mass is 35.5. The first-order valence-electron chi connectivity index (χ1n) is 9.60. The molecule has 4 rings (SSSR count). The molecule has 0 saturated carbocycles. The van der Waals surface area contributed by atoms with Crippen molar-refractivity contribution in [2.24, 2.45) is 0 Å². The number of aromatic nitrogens is 1. The third-order valence-electron chi connectivity index (χ3n) is 5.68. The van der Waals surface area contributed by atoms with Gasteiger partial charge in [-0.3, -0.25) is 4.98 Å². The zero-order chi connectivity index (χ0) is 21.7. The van der Waals surface area contributed by atoms with E-state index in [9.17, 15) is 4.39 Å². The Morgan fingerprint density at radius 2 is 2.07 bits per heavy atom. The number of nitrogens with zero attached hydrogens (tertiary/aromatic N) is 1. The van der Waals surface area contributed by atoms with Crippen LogP contribution in [0.5, 0.6) is 0 Å². The lowest BCUT2D eigenvalue weighted by Gasteiger charge is -2.36. The van der Waals surface area contributed by atoms with Gasteiger partial charge in [0.2, 0.25) is 0 Å². The highest BCUT2D eigenvalue weighted by Crippen LogP contribution is 2.45. The van der Waals surface area contributed by atoms with Gasteiger partial charge in [-0.1, -0.05) is 23.8 Å². The number of rotatable bonds is 3. The molecule has 4 nitrogen and oxygen atoms in total. The number of anilines is 1. The number of halogens is 4. The number of benzene rings is 1. The van der Waals surface area contributed by atoms with Crippen molar-refractivity contribution in [3.63, 3.8) is 0 Å². The fourth-order valence-corrected chi connectivity index (χ4v) is 4.25. The van der Waals surface area contributed by atoms with Crippen molar-refractivity contribution >= 4 is 34.5 Å². The Bertz CT molecular complexity index is 1000. The van der Waals surface area contributed by atoms with Crippen LogP contribution in [0.4, 0.5) is 18.9 Å². The van der Waals surface area contributed by atoms with Crippen LogP contribution in [-0.4, -0.2) is 28.1 Å². The highest BCUT2D eigenvalue weighted by Gasteiger charge is 2.57. The van der Waals surface area contributed by atoms with Crippen molar-refractivity contribution in [1.29, 1.82) is 0 Å². The topological polar surface area (TPSA) is 46.2 Å². The second-order valence-corrected chi connectivity index (χ2v) is 9.02. The van der Waals surface area contributed by atoms with Crippen LogP contribution in [0.15, 0.2) is 30.5 Å². The van der Waals surface area contributed by atoms with Gasteiger partial charge in [0.05, 0.1) is 23.4 Å². The quantitative estimate of drug-likeness (QED) is 0.609. The number of fused-ring (bicyclic) bond motifs is 1. The van der Waals surface area contributed by atoms with E-state index >= 15 is 8.78 Å². The number of thiocarbonyl (C=S) groups is 1. The van der Waals surface area contributed by atoms with Crippen LogP contribution in [0, 0.1) is 5.82 Å². The molecule has 1 saturated heterocycles. The molecule has 1 aliphatic carbocycles. The third-order valence-corrected chi connectivity index (χ3v) is 6.13. The Kier molecular flexibility index (Phi) is 5.45. The molecule has 0 bridgehead atoms. The van der Waals surface area contributed by atoms with E-state index in [1.165, 1.54) is 32.0 Å². The summed E-state index contributed by atoms with van der Waals surface area (Å²) in [5.41, 5.74) is 0.428. The summed E-state index contributed by atoms with van der Waals surface area (Å²) in [5, 5.41) is 6.45. The van der Waals surface area contributed by atoms with Gasteiger partial charge in [0.1, 0.15) is 22.4 Å². The fourth-order valence-electron chi connectivity index (χ4n) is 3.89. The Balaban J connectivity index is 1.66. The second-order valence-electron chi connectivity index (χ2n) is 8.09. The zero-order valence-electron chi connectivity index (χ0n) is 16.4. The van der Waals surface area contributed by atoms with Gasteiger partial charge in [0.15, 0.2) is 0 Å². The van der Waals surface area contributed by atoms with E-state index in [1.807, 2.05) is 6.07 Å². The summed E-state index contributed by atoms with van der Waals surface area (Å²) >= 11 is 11.1. The molecular weight excluding hydrogens is 435 g/mol. The predicted octanol–water partition coefficient (Wildman–Crippen LogP) is 5.38. The lowest BCUT2D eigenvalue weighted by Crippen LogP contribution is -2.51. The lowest BCUT2D eigenvalue weighted by atomic mass is 9.88. The Labute approximate surface area is 183 Å². The molecule has 2 unspecified atom stereocenters. The molecule has 2 atom stereocenters. The summed E-state index contributed by atoms with van der Waals surface area (Å²) in [6.45, 7) is 2.41. The van der Waals surface area contributed by atoms with E-state index in [2.05, 4.69) is 15.6 Å². The fraction of sp³-hybridized carbons (Fsp3) is 0.429. The van der Waals surface area contributed by atoms with Crippen molar-refractivity contribution in [1.82, 2.24) is 10.3 Å². The summed E-state index contributed by atoms with van der Waals surface area (Å²) in [6.07, 6.45) is 3.16. The normalized spacial score (nSPS) is 24.7. The van der Waals surface area contributed by atoms with Crippen molar-refractivity contribution in [3.05, 3.63) is 58.1 Å². The summed E-state index contributed by atoms with van der Waals surface area (Å²) in [4.78, 5) is 4.50. The van der Waals surface area contributed by atoms with Gasteiger partial charge in [-0.05, 0) is 56.5 Å². The maximum absolute atomic E-state index is 15.3. The molecule has 1 aromatic heterocycles. The minimum absolute atomic E-state index is 0.105. The number of nitrogens with one attached hydrogen (secondary N) is 2. The third kappa shape index (κ3) is 3.76. The number of hydrogen-bond acceptors (Lipinski definition) is 4. The SMILES string of the molecule is CC1(C)OCC(=S)NC(c2cc(NC3CCc4cc(Cl)cnc43)ccc2F)C1(F)F. The van der Waals surface area contributed by atoms with Gasteiger partial charge < -0.3 is 15.4 Å². The molecule has 30 heavy (non-hydrogen) atoms. The number of alkyl halides is 2. The van der Waals surface area contributed by atoms with Gasteiger partial charge >= 0.3 is 0 Å². The molecule has 2 N–H and O–H groups in total. The Hall–Kier alpha value is -1.90. The minimum atomic E-state index is -3.41. The first kappa shape index (κ1) is 21.3. The van der Waals surface area contributed by atoms with Gasteiger partial charge in [-0.15, -0.1) is 0 Å². The van der Waals surface area contributed by atoms with Gasteiger partial charge in [-0.2, -0.15) is 0 Å². The summed E-state index contributed by atoms with van der Waals surface area (Å²) in [7, 11) is 0. The van der Waals surface area contributed by atoms with Gasteiger partial charge in [0, 0.05) is 17.4 Å². The average Bonchev–Trinajstić information content (AvgIpc) is 3.04. The molecule has 1 fully saturated rings. The molecule has 0 amide bonds. The first-order chi connectivity index (χ1) is 14.1. The largest absolute Gasteiger partial charge is 0.377 e. The van der Waals surface area contributed by atoms with E-state index in [0.29, 0.717) is 10.7 Å². The first-order valence-corrected chi connectivity index (χ1v) is 10.4. The maximum atomic E-state index is 15.3. The highest BCUT2D eigenvalue weighted by molar-refractivity contribution is 7.80. The van der Waals surface area contributed by atoms with Crippen molar-refractivity contribution in [2.75, 3.05) is 11.9 Å². The molecule has 9 heteroatoms. The van der Waals surface area contributed by atoms with Crippen LogP contribution in [0.2, 0.25) is 5.02 Å². The Morgan fingerprint density at radius 3 is 2.83 bits per heavy atom. The van der Waals surface area contributed by atoms with E-state index in [4.69, 9.17) is 28.6 Å². The van der Waals surface area contributed by atoms with Crippen LogP contribution < -0.4 is 10.6 Å². The van der Waals surface area contributed by atoms with E-state index in [-0.39, 0.29) is 23.2 Å².